The molecule has 6 heteroatoms. The van der Waals surface area contributed by atoms with Crippen LogP contribution in [0.4, 0.5) is 5.82 Å². The standard InChI is InChI=1S/C14H17N3O2S/c1-11-4-3-9-16-14(11)17-20(18,19)13-7-5-12(6-8-13)10-15-2/h3-9,15H,10H2,1-2H3,(H,16,17). The van der Waals surface area contributed by atoms with Gasteiger partial charge >= 0.3 is 0 Å². The molecular formula is C14H17N3O2S. The zero-order chi connectivity index (χ0) is 14.6. The van der Waals surface area contributed by atoms with Gasteiger partial charge in [0.2, 0.25) is 0 Å². The first-order chi connectivity index (χ1) is 9.53. The second kappa shape index (κ2) is 6.02. The molecule has 0 spiro atoms. The summed E-state index contributed by atoms with van der Waals surface area (Å²) in [4.78, 5) is 4.26. The third-order valence-electron chi connectivity index (χ3n) is 2.86. The molecular weight excluding hydrogens is 274 g/mol. The van der Waals surface area contributed by atoms with Crippen LogP contribution < -0.4 is 10.0 Å². The minimum atomic E-state index is -3.60. The minimum absolute atomic E-state index is 0.224. The summed E-state index contributed by atoms with van der Waals surface area (Å²) in [7, 11) is -1.76. The number of sulfonamides is 1. The summed E-state index contributed by atoms with van der Waals surface area (Å²) in [6.07, 6.45) is 1.56. The van der Waals surface area contributed by atoms with Crippen LogP contribution in [0.2, 0.25) is 0 Å². The van der Waals surface area contributed by atoms with Gasteiger partial charge in [-0.3, -0.25) is 4.72 Å². The molecule has 0 aliphatic carbocycles. The molecule has 0 aliphatic rings. The Kier molecular flexibility index (Phi) is 4.36. The first-order valence-electron chi connectivity index (χ1n) is 6.21. The van der Waals surface area contributed by atoms with E-state index in [-0.39, 0.29) is 4.90 Å². The van der Waals surface area contributed by atoms with Crippen LogP contribution in [0.1, 0.15) is 11.1 Å². The van der Waals surface area contributed by atoms with E-state index < -0.39 is 10.0 Å². The molecule has 0 saturated heterocycles. The number of aromatic nitrogens is 1. The second-order valence-corrected chi connectivity index (χ2v) is 6.13. The summed E-state index contributed by atoms with van der Waals surface area (Å²) in [5.41, 5.74) is 1.81. The number of anilines is 1. The van der Waals surface area contributed by atoms with E-state index in [2.05, 4.69) is 15.0 Å². The lowest BCUT2D eigenvalue weighted by atomic mass is 10.2. The molecule has 1 heterocycles. The zero-order valence-electron chi connectivity index (χ0n) is 11.4. The average molecular weight is 291 g/mol. The van der Waals surface area contributed by atoms with E-state index in [0.717, 1.165) is 11.1 Å². The highest BCUT2D eigenvalue weighted by atomic mass is 32.2. The molecule has 106 valence electrons. The van der Waals surface area contributed by atoms with Crippen LogP contribution >= 0.6 is 0 Å². The van der Waals surface area contributed by atoms with Crippen molar-refractivity contribution in [3.8, 4) is 0 Å². The van der Waals surface area contributed by atoms with Crippen molar-refractivity contribution in [2.24, 2.45) is 0 Å². The third-order valence-corrected chi connectivity index (χ3v) is 4.21. The Labute approximate surface area is 119 Å². The van der Waals surface area contributed by atoms with Gasteiger partial charge in [0.15, 0.2) is 0 Å². The molecule has 2 N–H and O–H groups in total. The van der Waals surface area contributed by atoms with Crippen LogP contribution in [0.5, 0.6) is 0 Å². The Morgan fingerprint density at radius 2 is 1.85 bits per heavy atom. The first kappa shape index (κ1) is 14.5. The van der Waals surface area contributed by atoms with Gasteiger partial charge in [-0.1, -0.05) is 18.2 Å². The highest BCUT2D eigenvalue weighted by Crippen LogP contribution is 2.17. The highest BCUT2D eigenvalue weighted by Gasteiger charge is 2.15. The summed E-state index contributed by atoms with van der Waals surface area (Å²) >= 11 is 0. The first-order valence-corrected chi connectivity index (χ1v) is 7.69. The fourth-order valence-corrected chi connectivity index (χ4v) is 2.85. The summed E-state index contributed by atoms with van der Waals surface area (Å²) in [6.45, 7) is 2.51. The van der Waals surface area contributed by atoms with E-state index in [9.17, 15) is 8.42 Å². The number of hydrogen-bond donors (Lipinski definition) is 2. The molecule has 2 aromatic rings. The largest absolute Gasteiger partial charge is 0.316 e. The Hall–Kier alpha value is -1.92. The topological polar surface area (TPSA) is 71.1 Å². The fourth-order valence-electron chi connectivity index (χ4n) is 1.77. The van der Waals surface area contributed by atoms with E-state index in [1.54, 1.807) is 49.5 Å². The van der Waals surface area contributed by atoms with Gasteiger partial charge in [-0.15, -0.1) is 0 Å². The van der Waals surface area contributed by atoms with E-state index >= 15 is 0 Å². The van der Waals surface area contributed by atoms with Crippen LogP contribution in [0.15, 0.2) is 47.5 Å². The number of nitrogens with zero attached hydrogens (tertiary/aromatic N) is 1. The molecule has 5 nitrogen and oxygen atoms in total. The van der Waals surface area contributed by atoms with Crippen LogP contribution in [0.3, 0.4) is 0 Å². The molecule has 1 aromatic carbocycles. The van der Waals surface area contributed by atoms with Gasteiger partial charge in [-0.05, 0) is 43.3 Å². The molecule has 1 aromatic heterocycles. The number of aryl methyl sites for hydroxylation is 1. The predicted molar refractivity (Wildman–Crippen MR) is 79.0 cm³/mol. The highest BCUT2D eigenvalue weighted by molar-refractivity contribution is 7.92. The second-order valence-electron chi connectivity index (χ2n) is 4.45. The molecule has 0 radical (unpaired) electrons. The molecule has 0 saturated carbocycles. The normalized spacial score (nSPS) is 11.3. The predicted octanol–water partition coefficient (Wildman–Crippen LogP) is 1.91. The van der Waals surface area contributed by atoms with Crippen molar-refractivity contribution in [3.63, 3.8) is 0 Å². The van der Waals surface area contributed by atoms with Crippen molar-refractivity contribution >= 4 is 15.8 Å². The van der Waals surface area contributed by atoms with Crippen molar-refractivity contribution in [1.29, 1.82) is 0 Å². The molecule has 0 amide bonds. The maximum Gasteiger partial charge on any atom is 0.263 e. The molecule has 20 heavy (non-hydrogen) atoms. The van der Waals surface area contributed by atoms with Gasteiger partial charge in [0, 0.05) is 12.7 Å². The monoisotopic (exact) mass is 291 g/mol. The van der Waals surface area contributed by atoms with Gasteiger partial charge in [-0.25, -0.2) is 13.4 Å². The van der Waals surface area contributed by atoms with E-state index in [4.69, 9.17) is 0 Å². The Morgan fingerprint density at radius 1 is 1.15 bits per heavy atom. The van der Waals surface area contributed by atoms with Gasteiger partial charge in [0.05, 0.1) is 4.90 Å². The van der Waals surface area contributed by atoms with Crippen molar-refractivity contribution in [3.05, 3.63) is 53.7 Å². The summed E-state index contributed by atoms with van der Waals surface area (Å²) in [5, 5.41) is 3.01. The molecule has 0 unspecified atom stereocenters. The smallest absolute Gasteiger partial charge is 0.263 e. The molecule has 2 rings (SSSR count). The number of benzene rings is 1. The summed E-state index contributed by atoms with van der Waals surface area (Å²) in [6, 6.07) is 10.3. The molecule has 0 fully saturated rings. The molecule has 0 atom stereocenters. The van der Waals surface area contributed by atoms with Gasteiger partial charge in [0.25, 0.3) is 10.0 Å². The van der Waals surface area contributed by atoms with Crippen LogP contribution in [-0.2, 0) is 16.6 Å². The number of pyridine rings is 1. The summed E-state index contributed by atoms with van der Waals surface area (Å²) in [5.74, 6) is 0.354. The zero-order valence-corrected chi connectivity index (χ0v) is 12.2. The fraction of sp³-hybridized carbons (Fsp3) is 0.214. The lowest BCUT2D eigenvalue weighted by Crippen LogP contribution is -2.15. The average Bonchev–Trinajstić information content (AvgIpc) is 2.42. The van der Waals surface area contributed by atoms with Crippen molar-refractivity contribution in [2.75, 3.05) is 11.8 Å². The van der Waals surface area contributed by atoms with Gasteiger partial charge < -0.3 is 5.32 Å². The number of nitrogens with one attached hydrogen (secondary N) is 2. The Morgan fingerprint density at radius 3 is 2.45 bits per heavy atom. The lowest BCUT2D eigenvalue weighted by molar-refractivity contribution is 0.601. The number of hydrogen-bond acceptors (Lipinski definition) is 4. The van der Waals surface area contributed by atoms with Crippen LogP contribution in [0.25, 0.3) is 0 Å². The SMILES string of the molecule is CNCc1ccc(S(=O)(=O)Nc2ncccc2C)cc1. The molecule has 0 aliphatic heterocycles. The van der Waals surface area contributed by atoms with E-state index in [1.165, 1.54) is 0 Å². The lowest BCUT2D eigenvalue weighted by Gasteiger charge is -2.09. The van der Waals surface area contributed by atoms with Crippen molar-refractivity contribution in [1.82, 2.24) is 10.3 Å². The maximum atomic E-state index is 12.3. The Bertz CT molecular complexity index is 682. The minimum Gasteiger partial charge on any atom is -0.316 e. The third kappa shape index (κ3) is 3.34. The maximum absolute atomic E-state index is 12.3. The van der Waals surface area contributed by atoms with E-state index in [1.807, 2.05) is 7.05 Å². The Balaban J connectivity index is 2.24. The number of rotatable bonds is 5. The van der Waals surface area contributed by atoms with Crippen molar-refractivity contribution < 1.29 is 8.42 Å². The summed E-state index contributed by atoms with van der Waals surface area (Å²) < 4.78 is 27.0. The molecule has 0 bridgehead atoms. The quantitative estimate of drug-likeness (QED) is 0.883. The van der Waals surface area contributed by atoms with E-state index in [0.29, 0.717) is 12.4 Å². The van der Waals surface area contributed by atoms with Crippen molar-refractivity contribution in [2.45, 2.75) is 18.4 Å². The van der Waals surface area contributed by atoms with Crippen LogP contribution in [-0.4, -0.2) is 20.4 Å². The van der Waals surface area contributed by atoms with Crippen LogP contribution in [0, 0.1) is 6.92 Å². The van der Waals surface area contributed by atoms with Gasteiger partial charge in [0.1, 0.15) is 5.82 Å². The van der Waals surface area contributed by atoms with Gasteiger partial charge in [-0.2, -0.15) is 0 Å².